The number of halogens is 3. The second kappa shape index (κ2) is 7.89. The monoisotopic (exact) mass is 365 g/mol. The van der Waals surface area contributed by atoms with Crippen LogP contribution in [-0.2, 0) is 4.79 Å². The van der Waals surface area contributed by atoms with Crippen LogP contribution < -0.4 is 10.6 Å². The van der Waals surface area contributed by atoms with Gasteiger partial charge in [0.25, 0.3) is 5.91 Å². The predicted octanol–water partition coefficient (Wildman–Crippen LogP) is 5.10. The zero-order chi connectivity index (χ0) is 16.8. The normalized spacial score (nSPS) is 10.8. The van der Waals surface area contributed by atoms with Crippen LogP contribution in [0.1, 0.15) is 0 Å². The van der Waals surface area contributed by atoms with Gasteiger partial charge in [-0.25, -0.2) is 0 Å². The van der Waals surface area contributed by atoms with Gasteiger partial charge in [-0.05, 0) is 36.4 Å². The molecule has 2 aromatic rings. The number of nitrogens with zero attached hydrogens (tertiary/aromatic N) is 1. The van der Waals surface area contributed by atoms with Crippen molar-refractivity contribution >= 4 is 52.1 Å². The highest BCUT2D eigenvalue weighted by Crippen LogP contribution is 2.29. The fraction of sp³-hybridized carbons (Fsp3) is 0. The van der Waals surface area contributed by atoms with Crippen LogP contribution in [0.3, 0.4) is 0 Å². The van der Waals surface area contributed by atoms with Gasteiger partial charge in [-0.1, -0.05) is 40.9 Å². The zero-order valence-electron chi connectivity index (χ0n) is 11.6. The highest BCUT2D eigenvalue weighted by atomic mass is 35.5. The van der Waals surface area contributed by atoms with Gasteiger partial charge in [0.2, 0.25) is 0 Å². The second-order valence-corrected chi connectivity index (χ2v) is 5.60. The van der Waals surface area contributed by atoms with Gasteiger partial charge in [0.1, 0.15) is 11.6 Å². The number of nitrogens with one attached hydrogen (secondary N) is 2. The number of amides is 1. The number of nitriles is 1. The number of hydrogen-bond acceptors (Lipinski definition) is 3. The summed E-state index contributed by atoms with van der Waals surface area (Å²) in [5, 5.41) is 15.7. The van der Waals surface area contributed by atoms with Crippen LogP contribution >= 0.6 is 34.8 Å². The fourth-order valence-corrected chi connectivity index (χ4v) is 2.13. The molecule has 0 unspecified atom stereocenters. The Bertz CT molecular complexity index is 795. The zero-order valence-corrected chi connectivity index (χ0v) is 13.9. The van der Waals surface area contributed by atoms with Gasteiger partial charge in [0, 0.05) is 16.9 Å². The van der Waals surface area contributed by atoms with Crippen LogP contribution in [0.5, 0.6) is 0 Å². The minimum absolute atomic E-state index is 0.115. The highest BCUT2D eigenvalue weighted by molar-refractivity contribution is 6.43. The molecule has 2 rings (SSSR count). The maximum atomic E-state index is 12.1. The first kappa shape index (κ1) is 17.2. The summed E-state index contributed by atoms with van der Waals surface area (Å²) in [6.07, 6.45) is 1.27. The maximum Gasteiger partial charge on any atom is 0.267 e. The van der Waals surface area contributed by atoms with Crippen molar-refractivity contribution in [1.82, 2.24) is 0 Å². The molecule has 7 heteroatoms. The number of carbonyl (C=O) groups excluding carboxylic acids is 1. The Morgan fingerprint density at radius 1 is 1.09 bits per heavy atom. The molecular formula is C16H10Cl3N3O. The van der Waals surface area contributed by atoms with Gasteiger partial charge in [0.05, 0.1) is 15.7 Å². The van der Waals surface area contributed by atoms with E-state index in [0.717, 1.165) is 0 Å². The highest BCUT2D eigenvalue weighted by Gasteiger charge is 2.10. The molecule has 0 atom stereocenters. The molecular weight excluding hydrogens is 357 g/mol. The molecule has 0 spiro atoms. The average Bonchev–Trinajstić information content (AvgIpc) is 2.54. The van der Waals surface area contributed by atoms with Gasteiger partial charge in [-0.15, -0.1) is 0 Å². The molecule has 0 aliphatic carbocycles. The standard InChI is InChI=1S/C16H10Cl3N3O/c17-11-4-6-12(7-5-11)22-16(23)10(8-20)9-21-14-3-1-2-13(18)15(14)19/h1-7,9,21H,(H,22,23)/b10-9-. The van der Waals surface area contributed by atoms with Gasteiger partial charge in [0.15, 0.2) is 0 Å². The first-order valence-corrected chi connectivity index (χ1v) is 7.52. The molecule has 0 saturated carbocycles. The van der Waals surface area contributed by atoms with E-state index in [0.29, 0.717) is 26.4 Å². The molecule has 0 radical (unpaired) electrons. The van der Waals surface area contributed by atoms with Crippen molar-refractivity contribution in [3.63, 3.8) is 0 Å². The summed E-state index contributed by atoms with van der Waals surface area (Å²) in [6.45, 7) is 0. The van der Waals surface area contributed by atoms with Crippen LogP contribution in [0.15, 0.2) is 54.2 Å². The van der Waals surface area contributed by atoms with E-state index in [4.69, 9.17) is 40.1 Å². The Labute approximate surface area is 148 Å². The molecule has 0 aliphatic rings. The smallest absolute Gasteiger partial charge is 0.267 e. The first-order valence-electron chi connectivity index (χ1n) is 6.39. The van der Waals surface area contributed by atoms with Crippen molar-refractivity contribution in [2.24, 2.45) is 0 Å². The minimum atomic E-state index is -0.555. The van der Waals surface area contributed by atoms with Crippen molar-refractivity contribution in [2.45, 2.75) is 0 Å². The van der Waals surface area contributed by atoms with Crippen LogP contribution in [0, 0.1) is 11.3 Å². The Kier molecular flexibility index (Phi) is 5.89. The Morgan fingerprint density at radius 2 is 1.78 bits per heavy atom. The summed E-state index contributed by atoms with van der Waals surface area (Å²) in [5.41, 5.74) is 0.906. The number of benzene rings is 2. The number of rotatable bonds is 4. The van der Waals surface area contributed by atoms with Gasteiger partial charge in [-0.2, -0.15) is 5.26 Å². The van der Waals surface area contributed by atoms with Crippen LogP contribution in [0.4, 0.5) is 11.4 Å². The SMILES string of the molecule is N#C/C(=C/Nc1cccc(Cl)c1Cl)C(=O)Nc1ccc(Cl)cc1. The van der Waals surface area contributed by atoms with E-state index in [1.807, 2.05) is 6.07 Å². The number of hydrogen-bond donors (Lipinski definition) is 2. The molecule has 4 nitrogen and oxygen atoms in total. The fourth-order valence-electron chi connectivity index (χ4n) is 1.65. The van der Waals surface area contributed by atoms with E-state index in [2.05, 4.69) is 10.6 Å². The summed E-state index contributed by atoms with van der Waals surface area (Å²) < 4.78 is 0. The minimum Gasteiger partial charge on any atom is -0.359 e. The average molecular weight is 367 g/mol. The van der Waals surface area contributed by atoms with Crippen molar-refractivity contribution in [1.29, 1.82) is 5.26 Å². The third-order valence-corrected chi connectivity index (χ3v) is 3.86. The third kappa shape index (κ3) is 4.64. The van der Waals surface area contributed by atoms with Crippen molar-refractivity contribution < 1.29 is 4.79 Å². The number of anilines is 2. The van der Waals surface area contributed by atoms with Gasteiger partial charge in [-0.3, -0.25) is 4.79 Å². The lowest BCUT2D eigenvalue weighted by Gasteiger charge is -2.07. The molecule has 0 fully saturated rings. The van der Waals surface area contributed by atoms with Gasteiger partial charge >= 0.3 is 0 Å². The van der Waals surface area contributed by atoms with Crippen LogP contribution in [-0.4, -0.2) is 5.91 Å². The summed E-state index contributed by atoms with van der Waals surface area (Å²) >= 11 is 17.7. The Morgan fingerprint density at radius 3 is 2.43 bits per heavy atom. The molecule has 116 valence electrons. The summed E-state index contributed by atoms with van der Waals surface area (Å²) in [4.78, 5) is 12.1. The maximum absolute atomic E-state index is 12.1. The molecule has 1 amide bonds. The number of carbonyl (C=O) groups is 1. The molecule has 23 heavy (non-hydrogen) atoms. The van der Waals surface area contributed by atoms with Crippen molar-refractivity contribution in [2.75, 3.05) is 10.6 Å². The summed E-state index contributed by atoms with van der Waals surface area (Å²) in [6, 6.07) is 13.4. The molecule has 0 aromatic heterocycles. The van der Waals surface area contributed by atoms with E-state index >= 15 is 0 Å². The molecule has 2 N–H and O–H groups in total. The van der Waals surface area contributed by atoms with E-state index in [-0.39, 0.29) is 5.57 Å². The molecule has 2 aromatic carbocycles. The van der Waals surface area contributed by atoms with E-state index in [1.165, 1.54) is 6.20 Å². The molecule has 0 saturated heterocycles. The largest absolute Gasteiger partial charge is 0.359 e. The van der Waals surface area contributed by atoms with Crippen LogP contribution in [0.2, 0.25) is 15.1 Å². The van der Waals surface area contributed by atoms with Gasteiger partial charge < -0.3 is 10.6 Å². The molecule has 0 aliphatic heterocycles. The summed E-state index contributed by atoms with van der Waals surface area (Å²) in [7, 11) is 0. The lowest BCUT2D eigenvalue weighted by molar-refractivity contribution is -0.112. The van der Waals surface area contributed by atoms with Crippen molar-refractivity contribution in [3.8, 4) is 6.07 Å². The molecule has 0 bridgehead atoms. The Hall–Kier alpha value is -2.19. The summed E-state index contributed by atoms with van der Waals surface area (Å²) in [5.74, 6) is -0.555. The van der Waals surface area contributed by atoms with E-state index < -0.39 is 5.91 Å². The molecule has 0 heterocycles. The second-order valence-electron chi connectivity index (χ2n) is 4.38. The topological polar surface area (TPSA) is 64.9 Å². The van der Waals surface area contributed by atoms with E-state index in [9.17, 15) is 4.79 Å². The Balaban J connectivity index is 2.12. The quantitative estimate of drug-likeness (QED) is 0.584. The van der Waals surface area contributed by atoms with E-state index in [1.54, 1.807) is 42.5 Å². The lowest BCUT2D eigenvalue weighted by Crippen LogP contribution is -2.14. The first-order chi connectivity index (χ1) is 11.0. The van der Waals surface area contributed by atoms with Crippen molar-refractivity contribution in [3.05, 3.63) is 69.3 Å². The van der Waals surface area contributed by atoms with Crippen LogP contribution in [0.25, 0.3) is 0 Å². The predicted molar refractivity (Wildman–Crippen MR) is 93.9 cm³/mol. The lowest BCUT2D eigenvalue weighted by atomic mass is 10.2. The third-order valence-electron chi connectivity index (χ3n) is 2.79.